The molecule has 0 aromatic heterocycles. The standard InChI is InChI=1S/C16H24O5/c1-2-3-6-17-7-8-18-9-10-19-12-14-4-5-15-16(11-14)21-13-20-15/h4-5,11H,2-3,6-10,12-13H2,1H3. The highest BCUT2D eigenvalue weighted by atomic mass is 16.7. The van der Waals surface area contributed by atoms with Crippen LogP contribution in [0, 0.1) is 0 Å². The Morgan fingerprint density at radius 3 is 2.43 bits per heavy atom. The molecule has 0 saturated carbocycles. The van der Waals surface area contributed by atoms with Crippen molar-refractivity contribution < 1.29 is 23.7 Å². The fraction of sp³-hybridized carbons (Fsp3) is 0.625. The quantitative estimate of drug-likeness (QED) is 0.588. The van der Waals surface area contributed by atoms with Crippen molar-refractivity contribution in [2.75, 3.05) is 39.8 Å². The van der Waals surface area contributed by atoms with Gasteiger partial charge in [0.2, 0.25) is 6.79 Å². The molecule has 0 aliphatic carbocycles. The van der Waals surface area contributed by atoms with Crippen molar-refractivity contribution in [3.63, 3.8) is 0 Å². The average Bonchev–Trinajstić information content (AvgIpc) is 2.97. The number of unbranched alkanes of at least 4 members (excludes halogenated alkanes) is 1. The maximum atomic E-state index is 5.56. The fourth-order valence-corrected chi connectivity index (χ4v) is 1.91. The second-order valence-electron chi connectivity index (χ2n) is 4.82. The first-order valence-corrected chi connectivity index (χ1v) is 7.52. The Bertz CT molecular complexity index is 408. The van der Waals surface area contributed by atoms with Gasteiger partial charge in [-0.3, -0.25) is 0 Å². The van der Waals surface area contributed by atoms with Crippen LogP contribution in [0.2, 0.25) is 0 Å². The SMILES string of the molecule is CCCCOCCOCCOCc1ccc2c(c1)OCO2. The molecule has 0 N–H and O–H groups in total. The van der Waals surface area contributed by atoms with E-state index < -0.39 is 0 Å². The number of hydrogen-bond acceptors (Lipinski definition) is 5. The predicted octanol–water partition coefficient (Wildman–Crippen LogP) is 2.77. The fourth-order valence-electron chi connectivity index (χ4n) is 1.91. The number of ether oxygens (including phenoxy) is 5. The first kappa shape index (κ1) is 16.1. The molecule has 1 aromatic carbocycles. The third-order valence-electron chi connectivity index (χ3n) is 3.09. The van der Waals surface area contributed by atoms with E-state index in [0.29, 0.717) is 39.8 Å². The Balaban J connectivity index is 1.47. The van der Waals surface area contributed by atoms with Crippen molar-refractivity contribution >= 4 is 0 Å². The van der Waals surface area contributed by atoms with Crippen LogP contribution in [0.5, 0.6) is 11.5 Å². The van der Waals surface area contributed by atoms with E-state index in [0.717, 1.165) is 36.5 Å². The van der Waals surface area contributed by atoms with E-state index in [4.69, 9.17) is 23.7 Å². The Hall–Kier alpha value is -1.30. The van der Waals surface area contributed by atoms with Crippen molar-refractivity contribution in [1.82, 2.24) is 0 Å². The maximum Gasteiger partial charge on any atom is 0.231 e. The van der Waals surface area contributed by atoms with Crippen molar-refractivity contribution in [3.05, 3.63) is 23.8 Å². The Labute approximate surface area is 126 Å². The first-order valence-electron chi connectivity index (χ1n) is 7.52. The minimum atomic E-state index is 0.299. The second-order valence-corrected chi connectivity index (χ2v) is 4.82. The van der Waals surface area contributed by atoms with Crippen LogP contribution in [0.25, 0.3) is 0 Å². The van der Waals surface area contributed by atoms with E-state index in [9.17, 15) is 0 Å². The number of rotatable bonds is 11. The Morgan fingerprint density at radius 2 is 1.62 bits per heavy atom. The van der Waals surface area contributed by atoms with Crippen LogP contribution in [0.4, 0.5) is 0 Å². The van der Waals surface area contributed by atoms with Crippen molar-refractivity contribution in [2.45, 2.75) is 26.4 Å². The lowest BCUT2D eigenvalue weighted by Gasteiger charge is -2.07. The van der Waals surface area contributed by atoms with Gasteiger partial charge >= 0.3 is 0 Å². The second kappa shape index (κ2) is 9.60. The summed E-state index contributed by atoms with van der Waals surface area (Å²) < 4.78 is 27.0. The zero-order chi connectivity index (χ0) is 14.8. The van der Waals surface area contributed by atoms with E-state index in [2.05, 4.69) is 6.92 Å². The van der Waals surface area contributed by atoms with Crippen molar-refractivity contribution in [2.24, 2.45) is 0 Å². The van der Waals surface area contributed by atoms with Crippen LogP contribution in [-0.4, -0.2) is 39.8 Å². The van der Waals surface area contributed by atoms with Gasteiger partial charge in [0.05, 0.1) is 33.0 Å². The van der Waals surface area contributed by atoms with Gasteiger partial charge < -0.3 is 23.7 Å². The summed E-state index contributed by atoms with van der Waals surface area (Å²) in [5.41, 5.74) is 1.07. The summed E-state index contributed by atoms with van der Waals surface area (Å²) in [5, 5.41) is 0. The Kier molecular flexibility index (Phi) is 7.35. The van der Waals surface area contributed by atoms with Crippen LogP contribution in [0.1, 0.15) is 25.3 Å². The Morgan fingerprint density at radius 1 is 0.905 bits per heavy atom. The predicted molar refractivity (Wildman–Crippen MR) is 78.8 cm³/mol. The lowest BCUT2D eigenvalue weighted by molar-refractivity contribution is 0.0102. The molecule has 1 aliphatic heterocycles. The van der Waals surface area contributed by atoms with Gasteiger partial charge in [-0.2, -0.15) is 0 Å². The highest BCUT2D eigenvalue weighted by Gasteiger charge is 2.12. The summed E-state index contributed by atoms with van der Waals surface area (Å²) in [6.07, 6.45) is 2.27. The number of fused-ring (bicyclic) bond motifs is 1. The summed E-state index contributed by atoms with van der Waals surface area (Å²) in [6.45, 7) is 6.25. The van der Waals surface area contributed by atoms with E-state index in [1.54, 1.807) is 0 Å². The van der Waals surface area contributed by atoms with Crippen LogP contribution < -0.4 is 9.47 Å². The summed E-state index contributed by atoms with van der Waals surface area (Å²) in [7, 11) is 0. The van der Waals surface area contributed by atoms with E-state index in [1.165, 1.54) is 0 Å². The van der Waals surface area contributed by atoms with E-state index >= 15 is 0 Å². The van der Waals surface area contributed by atoms with Gasteiger partial charge in [-0.15, -0.1) is 0 Å². The van der Waals surface area contributed by atoms with Gasteiger partial charge in [-0.1, -0.05) is 19.4 Å². The zero-order valence-corrected chi connectivity index (χ0v) is 12.6. The van der Waals surface area contributed by atoms with Gasteiger partial charge in [0.15, 0.2) is 11.5 Å². The summed E-state index contributed by atoms with van der Waals surface area (Å²) in [6, 6.07) is 5.84. The molecular formula is C16H24O5. The van der Waals surface area contributed by atoms with E-state index in [-0.39, 0.29) is 0 Å². The number of hydrogen-bond donors (Lipinski definition) is 0. The summed E-state index contributed by atoms with van der Waals surface area (Å²) in [4.78, 5) is 0. The molecule has 2 rings (SSSR count). The van der Waals surface area contributed by atoms with Gasteiger partial charge in [-0.25, -0.2) is 0 Å². The maximum absolute atomic E-state index is 5.56. The van der Waals surface area contributed by atoms with Gasteiger partial charge in [0.1, 0.15) is 0 Å². The molecule has 1 aliphatic rings. The molecular weight excluding hydrogens is 272 g/mol. The highest BCUT2D eigenvalue weighted by Crippen LogP contribution is 2.32. The molecule has 118 valence electrons. The molecule has 0 unspecified atom stereocenters. The van der Waals surface area contributed by atoms with Crippen LogP contribution in [-0.2, 0) is 20.8 Å². The molecule has 21 heavy (non-hydrogen) atoms. The molecule has 0 saturated heterocycles. The third kappa shape index (κ3) is 5.91. The van der Waals surface area contributed by atoms with Gasteiger partial charge in [0, 0.05) is 6.61 Å². The average molecular weight is 296 g/mol. The molecule has 5 heteroatoms. The van der Waals surface area contributed by atoms with Crippen molar-refractivity contribution in [1.29, 1.82) is 0 Å². The van der Waals surface area contributed by atoms with E-state index in [1.807, 2.05) is 18.2 Å². The lowest BCUT2D eigenvalue weighted by Crippen LogP contribution is -2.09. The minimum absolute atomic E-state index is 0.299. The van der Waals surface area contributed by atoms with Gasteiger partial charge in [-0.05, 0) is 24.1 Å². The normalized spacial score (nSPS) is 12.8. The molecule has 0 bridgehead atoms. The molecule has 0 radical (unpaired) electrons. The minimum Gasteiger partial charge on any atom is -0.454 e. The molecule has 0 amide bonds. The largest absolute Gasteiger partial charge is 0.454 e. The highest BCUT2D eigenvalue weighted by molar-refractivity contribution is 5.44. The molecule has 1 aromatic rings. The first-order chi connectivity index (χ1) is 10.4. The molecule has 0 atom stereocenters. The molecule has 0 spiro atoms. The summed E-state index contributed by atoms with van der Waals surface area (Å²) >= 11 is 0. The number of benzene rings is 1. The van der Waals surface area contributed by atoms with Crippen LogP contribution in [0.3, 0.4) is 0 Å². The smallest absolute Gasteiger partial charge is 0.231 e. The summed E-state index contributed by atoms with van der Waals surface area (Å²) in [5.74, 6) is 1.58. The lowest BCUT2D eigenvalue weighted by atomic mass is 10.2. The van der Waals surface area contributed by atoms with Crippen molar-refractivity contribution in [3.8, 4) is 11.5 Å². The topological polar surface area (TPSA) is 46.2 Å². The van der Waals surface area contributed by atoms with Gasteiger partial charge in [0.25, 0.3) is 0 Å². The van der Waals surface area contributed by atoms with Crippen LogP contribution in [0.15, 0.2) is 18.2 Å². The molecule has 1 heterocycles. The monoisotopic (exact) mass is 296 g/mol. The molecule has 5 nitrogen and oxygen atoms in total. The van der Waals surface area contributed by atoms with Crippen LogP contribution >= 0.6 is 0 Å². The zero-order valence-electron chi connectivity index (χ0n) is 12.6. The molecule has 0 fully saturated rings. The third-order valence-corrected chi connectivity index (χ3v) is 3.09.